The van der Waals surface area contributed by atoms with E-state index in [1.54, 1.807) is 19.1 Å². The minimum atomic E-state index is 0.144. The van der Waals surface area contributed by atoms with Crippen LogP contribution in [0.3, 0.4) is 0 Å². The summed E-state index contributed by atoms with van der Waals surface area (Å²) in [6.45, 7) is 0. The van der Waals surface area contributed by atoms with E-state index in [2.05, 4.69) is 17.4 Å². The van der Waals surface area contributed by atoms with Gasteiger partial charge in [0.2, 0.25) is 0 Å². The zero-order valence-electron chi connectivity index (χ0n) is 12.7. The lowest BCUT2D eigenvalue weighted by Crippen LogP contribution is -2.17. The summed E-state index contributed by atoms with van der Waals surface area (Å²) in [5.41, 5.74) is 2.65. The minimum absolute atomic E-state index is 0.144. The molecule has 21 heavy (non-hydrogen) atoms. The molecule has 3 rings (SSSR count). The van der Waals surface area contributed by atoms with Gasteiger partial charge in [-0.3, -0.25) is 0 Å². The molecule has 1 N–H and O–H groups in total. The van der Waals surface area contributed by atoms with Gasteiger partial charge in [0, 0.05) is 15.3 Å². The number of hydrogen-bond donors (Lipinski definition) is 1. The van der Waals surface area contributed by atoms with E-state index >= 15 is 0 Å². The van der Waals surface area contributed by atoms with Crippen LogP contribution in [-0.2, 0) is 12.8 Å². The van der Waals surface area contributed by atoms with Crippen LogP contribution in [0, 0.1) is 0 Å². The number of hydrogen-bond acceptors (Lipinski definition) is 4. The van der Waals surface area contributed by atoms with Gasteiger partial charge in [0.1, 0.15) is 11.5 Å². The standard InChI is InChI=1S/C17H21NO2S/c1-18-17(16-9-11-5-4-6-15(11)21-16)13-10-12(19-2)7-8-14(13)20-3/h7-10,17-18H,4-6H2,1-3H3. The van der Waals surface area contributed by atoms with E-state index < -0.39 is 0 Å². The Morgan fingerprint density at radius 3 is 2.67 bits per heavy atom. The predicted molar refractivity (Wildman–Crippen MR) is 86.8 cm³/mol. The fraction of sp³-hybridized carbons (Fsp3) is 0.412. The lowest BCUT2D eigenvalue weighted by molar-refractivity contribution is 0.395. The zero-order valence-corrected chi connectivity index (χ0v) is 13.5. The molecule has 1 aliphatic rings. The van der Waals surface area contributed by atoms with Gasteiger partial charge in [-0.2, -0.15) is 0 Å². The molecule has 112 valence electrons. The quantitative estimate of drug-likeness (QED) is 0.916. The molecule has 0 amide bonds. The lowest BCUT2D eigenvalue weighted by atomic mass is 10.0. The third kappa shape index (κ3) is 2.65. The number of rotatable bonds is 5. The number of fused-ring (bicyclic) bond motifs is 1. The van der Waals surface area contributed by atoms with Crippen molar-refractivity contribution in [2.24, 2.45) is 0 Å². The average Bonchev–Trinajstić information content (AvgIpc) is 3.09. The molecule has 0 aliphatic heterocycles. The second-order valence-electron chi connectivity index (χ2n) is 5.28. The van der Waals surface area contributed by atoms with Crippen LogP contribution in [0.5, 0.6) is 11.5 Å². The van der Waals surface area contributed by atoms with E-state index in [0.29, 0.717) is 0 Å². The summed E-state index contributed by atoms with van der Waals surface area (Å²) in [6.07, 6.45) is 3.75. The summed E-state index contributed by atoms with van der Waals surface area (Å²) in [7, 11) is 5.40. The molecule has 1 heterocycles. The highest BCUT2D eigenvalue weighted by Crippen LogP contribution is 2.39. The van der Waals surface area contributed by atoms with Gasteiger partial charge in [-0.1, -0.05) is 0 Å². The maximum Gasteiger partial charge on any atom is 0.124 e. The van der Waals surface area contributed by atoms with Gasteiger partial charge < -0.3 is 14.8 Å². The van der Waals surface area contributed by atoms with Gasteiger partial charge >= 0.3 is 0 Å². The second kappa shape index (κ2) is 6.08. The van der Waals surface area contributed by atoms with Crippen molar-refractivity contribution in [1.29, 1.82) is 0 Å². The van der Waals surface area contributed by atoms with Gasteiger partial charge in [0.05, 0.1) is 20.3 Å². The number of ether oxygens (including phenoxy) is 2. The topological polar surface area (TPSA) is 30.5 Å². The van der Waals surface area contributed by atoms with E-state index in [9.17, 15) is 0 Å². The summed E-state index contributed by atoms with van der Waals surface area (Å²) in [6, 6.07) is 8.46. The fourth-order valence-electron chi connectivity index (χ4n) is 3.01. The van der Waals surface area contributed by atoms with Crippen molar-refractivity contribution in [3.05, 3.63) is 45.1 Å². The van der Waals surface area contributed by atoms with Crippen molar-refractivity contribution < 1.29 is 9.47 Å². The van der Waals surface area contributed by atoms with E-state index in [-0.39, 0.29) is 6.04 Å². The van der Waals surface area contributed by atoms with Crippen molar-refractivity contribution in [2.45, 2.75) is 25.3 Å². The van der Waals surface area contributed by atoms with E-state index in [0.717, 1.165) is 17.1 Å². The van der Waals surface area contributed by atoms with Gasteiger partial charge in [0.15, 0.2) is 0 Å². The van der Waals surface area contributed by atoms with Crippen molar-refractivity contribution in [3.8, 4) is 11.5 Å². The molecule has 2 aromatic rings. The molecule has 1 aromatic carbocycles. The Morgan fingerprint density at radius 1 is 1.14 bits per heavy atom. The number of nitrogens with one attached hydrogen (secondary N) is 1. The third-order valence-corrected chi connectivity index (χ3v) is 5.39. The molecule has 3 nitrogen and oxygen atoms in total. The first-order valence-electron chi connectivity index (χ1n) is 7.27. The SMILES string of the molecule is CNC(c1cc2c(s1)CCC2)c1cc(OC)ccc1OC. The highest BCUT2D eigenvalue weighted by atomic mass is 32.1. The van der Waals surface area contributed by atoms with Crippen molar-refractivity contribution in [3.63, 3.8) is 0 Å². The van der Waals surface area contributed by atoms with Gasteiger partial charge in [0.25, 0.3) is 0 Å². The largest absolute Gasteiger partial charge is 0.497 e. The number of benzene rings is 1. The molecular formula is C17H21NO2S. The van der Waals surface area contributed by atoms with Crippen LogP contribution in [0.1, 0.15) is 33.3 Å². The molecule has 0 spiro atoms. The van der Waals surface area contributed by atoms with Gasteiger partial charge in [-0.05, 0) is 56.1 Å². The molecule has 0 fully saturated rings. The van der Waals surface area contributed by atoms with Gasteiger partial charge in [-0.25, -0.2) is 0 Å². The normalized spacial score (nSPS) is 14.8. The zero-order chi connectivity index (χ0) is 14.8. The Kier molecular flexibility index (Phi) is 4.17. The van der Waals surface area contributed by atoms with E-state index in [1.807, 2.05) is 30.5 Å². The third-order valence-electron chi connectivity index (χ3n) is 4.09. The monoisotopic (exact) mass is 303 g/mol. The highest BCUT2D eigenvalue weighted by molar-refractivity contribution is 7.12. The van der Waals surface area contributed by atoms with Crippen LogP contribution in [-0.4, -0.2) is 21.3 Å². The smallest absolute Gasteiger partial charge is 0.124 e. The minimum Gasteiger partial charge on any atom is -0.497 e. The van der Waals surface area contributed by atoms with Crippen LogP contribution in [0.25, 0.3) is 0 Å². The van der Waals surface area contributed by atoms with E-state index in [4.69, 9.17) is 9.47 Å². The number of thiophene rings is 1. The van der Waals surface area contributed by atoms with Crippen LogP contribution in [0.2, 0.25) is 0 Å². The first-order valence-corrected chi connectivity index (χ1v) is 8.09. The van der Waals surface area contributed by atoms with Crippen molar-refractivity contribution >= 4 is 11.3 Å². The van der Waals surface area contributed by atoms with E-state index in [1.165, 1.54) is 29.7 Å². The summed E-state index contributed by atoms with van der Waals surface area (Å²) in [5.74, 6) is 1.75. The second-order valence-corrected chi connectivity index (χ2v) is 6.45. The Bertz CT molecular complexity index is 614. The Labute approximate surface area is 129 Å². The molecular weight excluding hydrogens is 282 g/mol. The van der Waals surface area contributed by atoms with Gasteiger partial charge in [-0.15, -0.1) is 11.3 Å². The summed E-state index contributed by atoms with van der Waals surface area (Å²) >= 11 is 1.92. The van der Waals surface area contributed by atoms with Crippen molar-refractivity contribution in [2.75, 3.05) is 21.3 Å². The molecule has 0 saturated carbocycles. The molecule has 0 radical (unpaired) electrons. The Morgan fingerprint density at radius 2 is 2.00 bits per heavy atom. The molecule has 0 bridgehead atoms. The Hall–Kier alpha value is -1.52. The highest BCUT2D eigenvalue weighted by Gasteiger charge is 2.23. The summed E-state index contributed by atoms with van der Waals surface area (Å²) < 4.78 is 10.9. The van der Waals surface area contributed by atoms with Crippen LogP contribution in [0.4, 0.5) is 0 Å². The lowest BCUT2D eigenvalue weighted by Gasteiger charge is -2.19. The average molecular weight is 303 g/mol. The molecule has 1 aromatic heterocycles. The molecule has 1 aliphatic carbocycles. The van der Waals surface area contributed by atoms with Crippen LogP contribution < -0.4 is 14.8 Å². The van der Waals surface area contributed by atoms with Crippen molar-refractivity contribution in [1.82, 2.24) is 5.32 Å². The summed E-state index contributed by atoms with van der Waals surface area (Å²) in [5, 5.41) is 3.42. The number of methoxy groups -OCH3 is 2. The first-order chi connectivity index (χ1) is 10.3. The predicted octanol–water partition coefficient (Wildman–Crippen LogP) is 3.56. The summed E-state index contributed by atoms with van der Waals surface area (Å²) in [4.78, 5) is 2.90. The maximum absolute atomic E-state index is 5.54. The van der Waals surface area contributed by atoms with Crippen LogP contribution in [0.15, 0.2) is 24.3 Å². The fourth-order valence-corrected chi connectivity index (χ4v) is 4.40. The first kappa shape index (κ1) is 14.4. The molecule has 1 unspecified atom stereocenters. The van der Waals surface area contributed by atoms with Crippen LogP contribution >= 0.6 is 11.3 Å². The molecule has 1 atom stereocenters. The number of aryl methyl sites for hydroxylation is 2. The molecule has 0 saturated heterocycles. The Balaban J connectivity index is 2.02. The maximum atomic E-state index is 5.54. The molecule has 4 heteroatoms.